The molecule has 0 aliphatic carbocycles. The molecule has 160 valence electrons. The summed E-state index contributed by atoms with van der Waals surface area (Å²) in [4.78, 5) is 16.2. The van der Waals surface area contributed by atoms with E-state index in [9.17, 15) is 18.0 Å². The Labute approximate surface area is 167 Å². The topological polar surface area (TPSA) is 71.7 Å². The maximum atomic E-state index is 13.4. The van der Waals surface area contributed by atoms with Gasteiger partial charge in [-0.1, -0.05) is 0 Å². The first-order valence-electron chi connectivity index (χ1n) is 10.0. The fourth-order valence-corrected chi connectivity index (χ4v) is 5.51. The van der Waals surface area contributed by atoms with E-state index in [1.165, 1.54) is 0 Å². The Hall–Kier alpha value is -0.650. The van der Waals surface area contributed by atoms with Crippen molar-refractivity contribution in [3.8, 4) is 0 Å². The molecule has 0 radical (unpaired) electrons. The van der Waals surface area contributed by atoms with Gasteiger partial charge in [-0.3, -0.25) is 25.3 Å². The first-order valence-corrected chi connectivity index (χ1v) is 10.4. The number of nitrogens with one attached hydrogen (secondary N) is 4. The van der Waals surface area contributed by atoms with Crippen LogP contribution < -0.4 is 21.5 Å². The Bertz CT molecular complexity index is 582. The van der Waals surface area contributed by atoms with Crippen molar-refractivity contribution in [1.82, 2.24) is 31.3 Å². The van der Waals surface area contributed by atoms with E-state index in [1.807, 2.05) is 0 Å². The number of likely N-dealkylation sites (tertiary alicyclic amines) is 1. The largest absolute Gasteiger partial charge is 0.392 e. The number of hydrogen-bond acceptors (Lipinski definition) is 6. The van der Waals surface area contributed by atoms with Crippen LogP contribution in [0.25, 0.3) is 0 Å². The zero-order chi connectivity index (χ0) is 19.9. The molecule has 4 fully saturated rings. The van der Waals surface area contributed by atoms with Crippen LogP contribution in [0.15, 0.2) is 0 Å². The van der Waals surface area contributed by atoms with Crippen molar-refractivity contribution < 1.29 is 18.0 Å². The molecule has 0 saturated carbocycles. The summed E-state index contributed by atoms with van der Waals surface area (Å²) in [5, 5.41) is 5.99. The van der Waals surface area contributed by atoms with E-state index in [0.717, 1.165) is 19.5 Å². The summed E-state index contributed by atoms with van der Waals surface area (Å²) in [6.07, 6.45) is -3.12. The monoisotopic (exact) mass is 424 g/mol. The van der Waals surface area contributed by atoms with Gasteiger partial charge in [0, 0.05) is 51.0 Å². The van der Waals surface area contributed by atoms with Crippen LogP contribution in [0.4, 0.5) is 13.2 Å². The average molecular weight is 425 g/mol. The van der Waals surface area contributed by atoms with Crippen molar-refractivity contribution in [3.05, 3.63) is 0 Å². The van der Waals surface area contributed by atoms with Crippen LogP contribution in [0.3, 0.4) is 0 Å². The molecule has 0 aromatic rings. The molecule has 7 nitrogen and oxygen atoms in total. The van der Waals surface area contributed by atoms with Gasteiger partial charge in [0.05, 0.1) is 5.92 Å². The number of rotatable bonds is 3. The van der Waals surface area contributed by atoms with Gasteiger partial charge in [0.25, 0.3) is 5.91 Å². The molecular weight excluding hydrogens is 397 g/mol. The predicted molar refractivity (Wildman–Crippen MR) is 98.6 cm³/mol. The van der Waals surface area contributed by atoms with Crippen molar-refractivity contribution >= 4 is 17.5 Å². The van der Waals surface area contributed by atoms with E-state index >= 15 is 0 Å². The zero-order valence-corrected chi connectivity index (χ0v) is 16.4. The second-order valence-corrected chi connectivity index (χ2v) is 8.80. The van der Waals surface area contributed by atoms with Gasteiger partial charge in [-0.2, -0.15) is 13.2 Å². The molecule has 0 bridgehead atoms. The normalized spacial score (nSPS) is 40.9. The number of hydrogen-bond donors (Lipinski definition) is 4. The van der Waals surface area contributed by atoms with Crippen LogP contribution in [0.2, 0.25) is 0 Å². The van der Waals surface area contributed by atoms with Gasteiger partial charge < -0.3 is 5.32 Å². The molecule has 4 aliphatic heterocycles. The van der Waals surface area contributed by atoms with Gasteiger partial charge in [-0.05, 0) is 31.8 Å². The number of nitrogens with zero attached hydrogens (tertiary/aromatic N) is 2. The minimum atomic E-state index is -4.13. The van der Waals surface area contributed by atoms with Crippen molar-refractivity contribution in [3.63, 3.8) is 0 Å². The smallest absolute Gasteiger partial charge is 0.316 e. The standard InChI is InChI=1S/C17H28ClF3N6O/c18-15-14(6-24-25-16(15)28)26-4-2-13-12(8-26)23-9-27(13)7-10-5-22-3-1-11(10)17(19,20)21/h10-15,22-24H,1-9H2,(H,25,28). The van der Waals surface area contributed by atoms with Crippen molar-refractivity contribution in [1.29, 1.82) is 0 Å². The van der Waals surface area contributed by atoms with E-state index in [0.29, 0.717) is 32.8 Å². The summed E-state index contributed by atoms with van der Waals surface area (Å²) < 4.78 is 40.2. The lowest BCUT2D eigenvalue weighted by molar-refractivity contribution is -0.196. The van der Waals surface area contributed by atoms with E-state index in [1.54, 1.807) is 0 Å². The second kappa shape index (κ2) is 8.23. The molecule has 0 spiro atoms. The number of halogens is 4. The highest BCUT2D eigenvalue weighted by molar-refractivity contribution is 6.31. The van der Waals surface area contributed by atoms with Crippen molar-refractivity contribution in [2.45, 2.75) is 42.5 Å². The highest BCUT2D eigenvalue weighted by Gasteiger charge is 2.48. The first kappa shape index (κ1) is 20.6. The molecule has 11 heteroatoms. The van der Waals surface area contributed by atoms with Crippen molar-refractivity contribution in [2.24, 2.45) is 11.8 Å². The molecule has 4 N–H and O–H groups in total. The molecule has 6 unspecified atom stereocenters. The molecule has 4 rings (SSSR count). The summed E-state index contributed by atoms with van der Waals surface area (Å²) in [6, 6.07) is 0.332. The van der Waals surface area contributed by atoms with Gasteiger partial charge >= 0.3 is 6.18 Å². The molecule has 0 aromatic carbocycles. The number of amides is 1. The molecule has 4 aliphatic rings. The Morgan fingerprint density at radius 3 is 2.79 bits per heavy atom. The third-order valence-corrected chi connectivity index (χ3v) is 7.20. The average Bonchev–Trinajstić information content (AvgIpc) is 3.06. The molecule has 4 heterocycles. The van der Waals surface area contributed by atoms with Gasteiger partial charge in [-0.25, -0.2) is 5.43 Å². The van der Waals surface area contributed by atoms with Gasteiger partial charge in [0.1, 0.15) is 5.38 Å². The quantitative estimate of drug-likeness (QED) is 0.466. The third-order valence-electron chi connectivity index (χ3n) is 6.71. The van der Waals surface area contributed by atoms with Crippen LogP contribution >= 0.6 is 11.6 Å². The van der Waals surface area contributed by atoms with E-state index in [-0.39, 0.29) is 30.5 Å². The second-order valence-electron chi connectivity index (χ2n) is 8.33. The SMILES string of the molecule is O=C1NNCC(N2CCC3C(C2)NCN3CC2CNCCC2C(F)(F)F)C1Cl. The predicted octanol–water partition coefficient (Wildman–Crippen LogP) is -0.310. The number of alkyl halides is 4. The fraction of sp³-hybridized carbons (Fsp3) is 0.941. The van der Waals surface area contributed by atoms with Crippen LogP contribution in [-0.2, 0) is 4.79 Å². The molecule has 1 amide bonds. The Morgan fingerprint density at radius 1 is 1.18 bits per heavy atom. The number of fused-ring (bicyclic) bond motifs is 1. The zero-order valence-electron chi connectivity index (χ0n) is 15.6. The van der Waals surface area contributed by atoms with Crippen LogP contribution in [0, 0.1) is 11.8 Å². The number of hydrazine groups is 1. The molecular formula is C17H28ClF3N6O. The van der Waals surface area contributed by atoms with Gasteiger partial charge in [-0.15, -0.1) is 11.6 Å². The van der Waals surface area contributed by atoms with Crippen LogP contribution in [0.1, 0.15) is 12.8 Å². The van der Waals surface area contributed by atoms with Gasteiger partial charge in [0.15, 0.2) is 0 Å². The summed E-state index contributed by atoms with van der Waals surface area (Å²) in [7, 11) is 0. The summed E-state index contributed by atoms with van der Waals surface area (Å²) in [6.45, 7) is 4.03. The fourth-order valence-electron chi connectivity index (χ4n) is 5.21. The van der Waals surface area contributed by atoms with Crippen LogP contribution in [0.5, 0.6) is 0 Å². The number of piperidine rings is 2. The maximum Gasteiger partial charge on any atom is 0.392 e. The molecule has 4 saturated heterocycles. The van der Waals surface area contributed by atoms with Crippen molar-refractivity contribution in [2.75, 3.05) is 45.9 Å². The lowest BCUT2D eigenvalue weighted by Gasteiger charge is -2.44. The lowest BCUT2D eigenvalue weighted by Crippen LogP contribution is -2.65. The Morgan fingerprint density at radius 2 is 2.00 bits per heavy atom. The Balaban J connectivity index is 1.36. The first-order chi connectivity index (χ1) is 13.3. The molecule has 0 aromatic heterocycles. The summed E-state index contributed by atoms with van der Waals surface area (Å²) in [5.41, 5.74) is 5.43. The number of carbonyl (C=O) groups is 1. The summed E-state index contributed by atoms with van der Waals surface area (Å²) >= 11 is 6.29. The maximum absolute atomic E-state index is 13.4. The highest BCUT2D eigenvalue weighted by Crippen LogP contribution is 2.37. The Kier molecular flexibility index (Phi) is 6.06. The summed E-state index contributed by atoms with van der Waals surface area (Å²) in [5.74, 6) is -1.86. The number of carbonyl (C=O) groups excluding carboxylic acids is 1. The van der Waals surface area contributed by atoms with E-state index in [4.69, 9.17) is 11.6 Å². The van der Waals surface area contributed by atoms with Crippen LogP contribution in [-0.4, -0.2) is 91.3 Å². The minimum Gasteiger partial charge on any atom is -0.316 e. The van der Waals surface area contributed by atoms with Gasteiger partial charge in [0.2, 0.25) is 0 Å². The molecule has 28 heavy (non-hydrogen) atoms. The van der Waals surface area contributed by atoms with E-state index < -0.39 is 23.4 Å². The third kappa shape index (κ3) is 4.13. The lowest BCUT2D eigenvalue weighted by atomic mass is 9.85. The van der Waals surface area contributed by atoms with E-state index in [2.05, 4.69) is 31.3 Å². The highest BCUT2D eigenvalue weighted by atomic mass is 35.5. The minimum absolute atomic E-state index is 0.0793. The molecule has 6 atom stereocenters.